The fourth-order valence-electron chi connectivity index (χ4n) is 3.87. The molecule has 1 N–H and O–H groups in total. The van der Waals surface area contributed by atoms with Crippen LogP contribution in [0.3, 0.4) is 0 Å². The van der Waals surface area contributed by atoms with Crippen LogP contribution in [0.4, 0.5) is 0 Å². The molecule has 0 bridgehead atoms. The van der Waals surface area contributed by atoms with Crippen LogP contribution in [-0.4, -0.2) is 17.6 Å². The molecule has 1 aromatic rings. The first-order valence-electron chi connectivity index (χ1n) is 8.67. The zero-order chi connectivity index (χ0) is 14.9. The molecule has 116 valence electrons. The summed E-state index contributed by atoms with van der Waals surface area (Å²) in [6.45, 7) is 8.41. The van der Waals surface area contributed by atoms with Crippen LogP contribution >= 0.6 is 0 Å². The molecule has 21 heavy (non-hydrogen) atoms. The molecule has 2 nitrogen and oxygen atoms in total. The zero-order valence-electron chi connectivity index (χ0n) is 13.8. The third kappa shape index (κ3) is 3.85. The Morgan fingerprint density at radius 2 is 2.00 bits per heavy atom. The van der Waals surface area contributed by atoms with Gasteiger partial charge < -0.3 is 5.32 Å². The Labute approximate surface area is 129 Å². The molecule has 1 aromatic heterocycles. The topological polar surface area (TPSA) is 24.9 Å². The predicted molar refractivity (Wildman–Crippen MR) is 88.3 cm³/mol. The fraction of sp³-hybridized carbons (Fsp3) is 0.737. The Morgan fingerprint density at radius 3 is 2.62 bits per heavy atom. The smallest absolute Gasteiger partial charge is 0.0302 e. The van der Waals surface area contributed by atoms with Crippen molar-refractivity contribution in [3.05, 3.63) is 30.1 Å². The monoisotopic (exact) mass is 286 g/mol. The van der Waals surface area contributed by atoms with Gasteiger partial charge in [-0.3, -0.25) is 4.98 Å². The summed E-state index contributed by atoms with van der Waals surface area (Å²) in [5.74, 6) is 2.30. The van der Waals surface area contributed by atoms with Gasteiger partial charge in [0.15, 0.2) is 0 Å². The van der Waals surface area contributed by atoms with Crippen LogP contribution in [0.25, 0.3) is 0 Å². The number of aromatic nitrogens is 1. The fourth-order valence-corrected chi connectivity index (χ4v) is 3.87. The van der Waals surface area contributed by atoms with Crippen LogP contribution in [0, 0.1) is 17.3 Å². The lowest BCUT2D eigenvalue weighted by atomic mass is 9.64. The molecule has 0 aliphatic heterocycles. The molecular weight excluding hydrogens is 256 g/mol. The van der Waals surface area contributed by atoms with E-state index in [-0.39, 0.29) is 0 Å². The van der Waals surface area contributed by atoms with Gasteiger partial charge in [0, 0.05) is 18.4 Å². The van der Waals surface area contributed by atoms with Gasteiger partial charge in [0.05, 0.1) is 0 Å². The first-order valence-corrected chi connectivity index (χ1v) is 8.67. The van der Waals surface area contributed by atoms with Gasteiger partial charge in [-0.05, 0) is 73.4 Å². The maximum absolute atomic E-state index is 4.37. The number of nitrogens with one attached hydrogen (secondary N) is 1. The second kappa shape index (κ2) is 6.08. The average Bonchev–Trinajstić information content (AvgIpc) is 3.29. The van der Waals surface area contributed by atoms with E-state index >= 15 is 0 Å². The third-order valence-electron chi connectivity index (χ3n) is 5.58. The number of nitrogens with zero attached hydrogens (tertiary/aromatic N) is 1. The van der Waals surface area contributed by atoms with Crippen LogP contribution in [0.2, 0.25) is 0 Å². The highest BCUT2D eigenvalue weighted by molar-refractivity contribution is 5.17. The Morgan fingerprint density at radius 1 is 1.19 bits per heavy atom. The third-order valence-corrected chi connectivity index (χ3v) is 5.58. The number of pyridine rings is 1. The number of rotatable bonds is 4. The normalized spacial score (nSPS) is 30.3. The van der Waals surface area contributed by atoms with Gasteiger partial charge in [0.1, 0.15) is 0 Å². The summed E-state index contributed by atoms with van der Waals surface area (Å²) in [6, 6.07) is 5.20. The van der Waals surface area contributed by atoms with Gasteiger partial charge in [0.25, 0.3) is 0 Å². The van der Waals surface area contributed by atoms with Crippen LogP contribution in [0.15, 0.2) is 24.5 Å². The Bertz CT molecular complexity index is 444. The van der Waals surface area contributed by atoms with Crippen molar-refractivity contribution in [2.24, 2.45) is 17.3 Å². The summed E-state index contributed by atoms with van der Waals surface area (Å²) in [6.07, 6.45) is 10.8. The van der Waals surface area contributed by atoms with Crippen molar-refractivity contribution in [1.29, 1.82) is 0 Å². The molecule has 2 fully saturated rings. The second-order valence-electron chi connectivity index (χ2n) is 8.21. The maximum Gasteiger partial charge on any atom is 0.0302 e. The van der Waals surface area contributed by atoms with Crippen LogP contribution < -0.4 is 5.32 Å². The van der Waals surface area contributed by atoms with E-state index in [2.05, 4.69) is 49.4 Å². The first kappa shape index (κ1) is 15.0. The van der Waals surface area contributed by atoms with Gasteiger partial charge in [-0.2, -0.15) is 0 Å². The van der Waals surface area contributed by atoms with E-state index in [1.807, 2.05) is 6.20 Å². The molecule has 2 aliphatic carbocycles. The molecule has 0 saturated heterocycles. The largest absolute Gasteiger partial charge is 0.314 e. The molecule has 0 radical (unpaired) electrons. The summed E-state index contributed by atoms with van der Waals surface area (Å²) in [7, 11) is 0. The van der Waals surface area contributed by atoms with Crippen molar-refractivity contribution in [2.45, 2.75) is 64.8 Å². The predicted octanol–water partition coefficient (Wildman–Crippen LogP) is 4.38. The summed E-state index contributed by atoms with van der Waals surface area (Å²) < 4.78 is 0. The first-order chi connectivity index (χ1) is 10.0. The average molecular weight is 286 g/mol. The van der Waals surface area contributed by atoms with Crippen LogP contribution in [0.1, 0.15) is 64.4 Å². The standard InChI is InChI=1S/C19H30N2/c1-19(2,3)16-7-6-15(13-21-17-8-9-17)18(11-16)14-5-4-10-20-12-14/h4-5,10,12,15-18,21H,6-9,11,13H2,1-3H3. The van der Waals surface area contributed by atoms with E-state index < -0.39 is 0 Å². The van der Waals surface area contributed by atoms with E-state index in [1.165, 1.54) is 44.2 Å². The minimum atomic E-state index is 0.426. The van der Waals surface area contributed by atoms with E-state index in [9.17, 15) is 0 Å². The highest BCUT2D eigenvalue weighted by Crippen LogP contribution is 2.46. The molecule has 0 amide bonds. The molecule has 3 atom stereocenters. The minimum absolute atomic E-state index is 0.426. The Hall–Kier alpha value is -0.890. The van der Waals surface area contributed by atoms with Gasteiger partial charge in [0.2, 0.25) is 0 Å². The molecule has 2 saturated carbocycles. The molecule has 2 heteroatoms. The number of hydrogen-bond acceptors (Lipinski definition) is 2. The molecular formula is C19H30N2. The second-order valence-corrected chi connectivity index (χ2v) is 8.21. The van der Waals surface area contributed by atoms with E-state index in [4.69, 9.17) is 0 Å². The summed E-state index contributed by atoms with van der Waals surface area (Å²) in [4.78, 5) is 4.37. The summed E-state index contributed by atoms with van der Waals surface area (Å²) in [5.41, 5.74) is 1.88. The molecule has 0 aromatic carbocycles. The van der Waals surface area contributed by atoms with Crippen molar-refractivity contribution in [3.8, 4) is 0 Å². The van der Waals surface area contributed by atoms with Gasteiger partial charge in [-0.25, -0.2) is 0 Å². The van der Waals surface area contributed by atoms with E-state index in [1.54, 1.807) is 0 Å². The van der Waals surface area contributed by atoms with Crippen LogP contribution in [0.5, 0.6) is 0 Å². The van der Waals surface area contributed by atoms with Crippen molar-refractivity contribution in [2.75, 3.05) is 6.54 Å². The van der Waals surface area contributed by atoms with E-state index in [0.717, 1.165) is 17.9 Å². The lowest BCUT2D eigenvalue weighted by molar-refractivity contribution is 0.129. The van der Waals surface area contributed by atoms with Crippen molar-refractivity contribution in [3.63, 3.8) is 0 Å². The Balaban J connectivity index is 1.73. The summed E-state index contributed by atoms with van der Waals surface area (Å²) >= 11 is 0. The lowest BCUT2D eigenvalue weighted by Gasteiger charge is -2.42. The molecule has 3 rings (SSSR count). The van der Waals surface area contributed by atoms with Crippen LogP contribution in [-0.2, 0) is 0 Å². The lowest BCUT2D eigenvalue weighted by Crippen LogP contribution is -2.36. The number of hydrogen-bond donors (Lipinski definition) is 1. The Kier molecular flexibility index (Phi) is 4.35. The summed E-state index contributed by atoms with van der Waals surface area (Å²) in [5, 5.41) is 3.76. The maximum atomic E-state index is 4.37. The van der Waals surface area contributed by atoms with Crippen molar-refractivity contribution in [1.82, 2.24) is 10.3 Å². The van der Waals surface area contributed by atoms with E-state index in [0.29, 0.717) is 11.3 Å². The van der Waals surface area contributed by atoms with Gasteiger partial charge >= 0.3 is 0 Å². The highest BCUT2D eigenvalue weighted by atomic mass is 14.9. The molecule has 1 heterocycles. The molecule has 2 aliphatic rings. The zero-order valence-corrected chi connectivity index (χ0v) is 13.8. The highest BCUT2D eigenvalue weighted by Gasteiger charge is 2.37. The minimum Gasteiger partial charge on any atom is -0.314 e. The molecule has 3 unspecified atom stereocenters. The van der Waals surface area contributed by atoms with Crippen molar-refractivity contribution < 1.29 is 0 Å². The van der Waals surface area contributed by atoms with Gasteiger partial charge in [-0.1, -0.05) is 26.8 Å². The van der Waals surface area contributed by atoms with Gasteiger partial charge in [-0.15, -0.1) is 0 Å². The molecule has 0 spiro atoms. The SMILES string of the molecule is CC(C)(C)C1CCC(CNC2CC2)C(c2cccnc2)C1. The quantitative estimate of drug-likeness (QED) is 0.888. The van der Waals surface area contributed by atoms with Crippen molar-refractivity contribution >= 4 is 0 Å².